The second kappa shape index (κ2) is 8.82. The minimum atomic E-state index is -0.119. The van der Waals surface area contributed by atoms with Crippen LogP contribution in [0.4, 0.5) is 0 Å². The highest BCUT2D eigenvalue weighted by Gasteiger charge is 2.30. The molecule has 1 fully saturated rings. The summed E-state index contributed by atoms with van der Waals surface area (Å²) in [5, 5.41) is 6.64. The van der Waals surface area contributed by atoms with Crippen LogP contribution in [0.2, 0.25) is 10.0 Å². The van der Waals surface area contributed by atoms with Crippen LogP contribution in [0.5, 0.6) is 0 Å². The van der Waals surface area contributed by atoms with Crippen molar-refractivity contribution >= 4 is 56.6 Å². The first-order valence-electron chi connectivity index (χ1n) is 10.5. The van der Waals surface area contributed by atoms with Crippen molar-refractivity contribution in [1.29, 1.82) is 0 Å². The number of benzene rings is 2. The molecule has 3 heterocycles. The van der Waals surface area contributed by atoms with Gasteiger partial charge in [0.05, 0.1) is 16.1 Å². The second-order valence-corrected chi connectivity index (χ2v) is 9.64. The molecule has 1 aliphatic heterocycles. The zero-order valence-corrected chi connectivity index (χ0v) is 20.1. The highest BCUT2D eigenvalue weighted by atomic mass is 35.5. The summed E-state index contributed by atoms with van der Waals surface area (Å²) in [4.78, 5) is 29.8. The molecule has 168 valence electrons. The molecule has 2 aromatic carbocycles. The van der Waals surface area contributed by atoms with Crippen LogP contribution in [-0.2, 0) is 4.79 Å². The average Bonchev–Trinajstić information content (AvgIpc) is 3.37. The number of carbonyl (C=O) groups excluding carboxylic acids is 2. The van der Waals surface area contributed by atoms with E-state index >= 15 is 0 Å². The van der Waals surface area contributed by atoms with Gasteiger partial charge in [-0.15, -0.1) is 11.3 Å². The first-order chi connectivity index (χ1) is 15.9. The molecule has 4 aromatic rings. The van der Waals surface area contributed by atoms with Gasteiger partial charge in [0.15, 0.2) is 0 Å². The highest BCUT2D eigenvalue weighted by molar-refractivity contribution is 7.21. The van der Waals surface area contributed by atoms with Gasteiger partial charge in [0.1, 0.15) is 15.4 Å². The molecular formula is C24H20Cl2N4O2S. The maximum atomic E-state index is 13.4. The number of amides is 2. The van der Waals surface area contributed by atoms with Crippen molar-refractivity contribution in [3.05, 3.63) is 69.5 Å². The number of hydrogen-bond acceptors (Lipinski definition) is 4. The Bertz CT molecular complexity index is 1340. The fourth-order valence-electron chi connectivity index (χ4n) is 4.01. The molecule has 9 heteroatoms. The topological polar surface area (TPSA) is 58.4 Å². The van der Waals surface area contributed by atoms with Gasteiger partial charge in [0, 0.05) is 43.7 Å². The Hall–Kier alpha value is -2.87. The van der Waals surface area contributed by atoms with Crippen molar-refractivity contribution in [3.8, 4) is 16.9 Å². The van der Waals surface area contributed by atoms with Crippen molar-refractivity contribution in [1.82, 2.24) is 19.6 Å². The van der Waals surface area contributed by atoms with Crippen molar-refractivity contribution < 1.29 is 9.59 Å². The van der Waals surface area contributed by atoms with E-state index in [4.69, 9.17) is 28.3 Å². The molecule has 0 radical (unpaired) electrons. The van der Waals surface area contributed by atoms with Gasteiger partial charge in [-0.05, 0) is 24.3 Å². The lowest BCUT2D eigenvalue weighted by Gasteiger charge is -2.34. The molecule has 6 nitrogen and oxygen atoms in total. The Morgan fingerprint density at radius 2 is 1.55 bits per heavy atom. The fraction of sp³-hybridized carbons (Fsp3) is 0.208. The largest absolute Gasteiger partial charge is 0.339 e. The zero-order valence-electron chi connectivity index (χ0n) is 17.8. The standard InChI is InChI=1S/C24H20Cl2N4O2S/c1-15(31)28-11-13-29(14-12-28)23(32)22-20(26)19-21(16-7-9-17(25)10-8-16)27-30(24(19)33-22)18-5-3-2-4-6-18/h2-10H,11-14H2,1H3. The van der Waals surface area contributed by atoms with E-state index in [-0.39, 0.29) is 11.8 Å². The van der Waals surface area contributed by atoms with Gasteiger partial charge < -0.3 is 9.80 Å². The Kier molecular flexibility index (Phi) is 5.86. The quantitative estimate of drug-likeness (QED) is 0.381. The van der Waals surface area contributed by atoms with Crippen molar-refractivity contribution in [2.75, 3.05) is 26.2 Å². The van der Waals surface area contributed by atoms with E-state index in [9.17, 15) is 9.59 Å². The molecule has 0 saturated carbocycles. The number of hydrogen-bond donors (Lipinski definition) is 0. The number of rotatable bonds is 3. The maximum Gasteiger partial charge on any atom is 0.265 e. The van der Waals surface area contributed by atoms with Gasteiger partial charge in [-0.3, -0.25) is 9.59 Å². The number of nitrogens with zero attached hydrogens (tertiary/aromatic N) is 4. The lowest BCUT2D eigenvalue weighted by molar-refractivity contribution is -0.130. The van der Waals surface area contributed by atoms with Crippen LogP contribution in [0.15, 0.2) is 54.6 Å². The maximum absolute atomic E-state index is 13.4. The molecule has 0 spiro atoms. The van der Waals surface area contributed by atoms with Crippen LogP contribution in [0.1, 0.15) is 16.6 Å². The van der Waals surface area contributed by atoms with Crippen LogP contribution in [0.3, 0.4) is 0 Å². The van der Waals surface area contributed by atoms with E-state index < -0.39 is 0 Å². The molecule has 0 bridgehead atoms. The number of halogens is 2. The minimum Gasteiger partial charge on any atom is -0.339 e. The molecule has 0 aliphatic carbocycles. The summed E-state index contributed by atoms with van der Waals surface area (Å²) < 4.78 is 1.83. The summed E-state index contributed by atoms with van der Waals surface area (Å²) in [6.07, 6.45) is 0. The Morgan fingerprint density at radius 1 is 0.909 bits per heavy atom. The monoisotopic (exact) mass is 498 g/mol. The third kappa shape index (κ3) is 4.01. The van der Waals surface area contributed by atoms with Gasteiger partial charge in [-0.25, -0.2) is 4.68 Å². The van der Waals surface area contributed by atoms with Gasteiger partial charge >= 0.3 is 0 Å². The summed E-state index contributed by atoms with van der Waals surface area (Å²) in [5.41, 5.74) is 2.45. The van der Waals surface area contributed by atoms with E-state index in [2.05, 4.69) is 0 Å². The molecule has 5 rings (SSSR count). The summed E-state index contributed by atoms with van der Waals surface area (Å²) in [5.74, 6) is -0.0939. The molecule has 33 heavy (non-hydrogen) atoms. The summed E-state index contributed by atoms with van der Waals surface area (Å²) >= 11 is 14.3. The normalized spacial score (nSPS) is 14.2. The van der Waals surface area contributed by atoms with E-state index in [1.54, 1.807) is 16.7 Å². The third-order valence-electron chi connectivity index (χ3n) is 5.79. The molecule has 2 aromatic heterocycles. The number of thiophene rings is 1. The van der Waals surface area contributed by atoms with Crippen LogP contribution < -0.4 is 0 Å². The summed E-state index contributed by atoms with van der Waals surface area (Å²) in [6, 6.07) is 17.2. The average molecular weight is 499 g/mol. The summed E-state index contributed by atoms with van der Waals surface area (Å²) in [6.45, 7) is 3.57. The highest BCUT2D eigenvalue weighted by Crippen LogP contribution is 2.43. The van der Waals surface area contributed by atoms with Crippen LogP contribution >= 0.6 is 34.5 Å². The Balaban J connectivity index is 1.60. The van der Waals surface area contributed by atoms with E-state index in [0.29, 0.717) is 46.8 Å². The van der Waals surface area contributed by atoms with Crippen molar-refractivity contribution in [2.45, 2.75) is 6.92 Å². The smallest absolute Gasteiger partial charge is 0.265 e. The second-order valence-electron chi connectivity index (χ2n) is 7.83. The molecule has 1 saturated heterocycles. The van der Waals surface area contributed by atoms with Crippen LogP contribution in [0, 0.1) is 0 Å². The lowest BCUT2D eigenvalue weighted by atomic mass is 10.1. The number of para-hydroxylation sites is 1. The Morgan fingerprint density at radius 3 is 2.18 bits per heavy atom. The molecular weight excluding hydrogens is 479 g/mol. The van der Waals surface area contributed by atoms with E-state index in [1.165, 1.54) is 11.3 Å². The van der Waals surface area contributed by atoms with Gasteiger partial charge in [-0.1, -0.05) is 53.5 Å². The fourth-order valence-corrected chi connectivity index (χ4v) is 5.70. The molecule has 1 aliphatic rings. The molecule has 0 atom stereocenters. The SMILES string of the molecule is CC(=O)N1CCN(C(=O)c2sc3c(c(-c4ccc(Cl)cc4)nn3-c3ccccc3)c2Cl)CC1. The van der Waals surface area contributed by atoms with Gasteiger partial charge in [-0.2, -0.15) is 5.10 Å². The van der Waals surface area contributed by atoms with Gasteiger partial charge in [0.25, 0.3) is 5.91 Å². The number of aromatic nitrogens is 2. The predicted molar refractivity (Wildman–Crippen MR) is 133 cm³/mol. The zero-order chi connectivity index (χ0) is 23.1. The van der Waals surface area contributed by atoms with E-state index in [0.717, 1.165) is 21.5 Å². The van der Waals surface area contributed by atoms with E-state index in [1.807, 2.05) is 59.3 Å². The first kappa shape index (κ1) is 21.9. The predicted octanol–water partition coefficient (Wildman–Crippen LogP) is 5.37. The Labute approximate surface area is 204 Å². The van der Waals surface area contributed by atoms with Crippen molar-refractivity contribution in [3.63, 3.8) is 0 Å². The number of piperazine rings is 1. The third-order valence-corrected chi connectivity index (χ3v) is 7.68. The number of carbonyl (C=O) groups is 2. The minimum absolute atomic E-state index is 0.0255. The summed E-state index contributed by atoms with van der Waals surface area (Å²) in [7, 11) is 0. The van der Waals surface area contributed by atoms with Crippen LogP contribution in [-0.4, -0.2) is 57.6 Å². The van der Waals surface area contributed by atoms with Gasteiger partial charge in [0.2, 0.25) is 5.91 Å². The van der Waals surface area contributed by atoms with Crippen molar-refractivity contribution in [2.24, 2.45) is 0 Å². The molecule has 0 N–H and O–H groups in total. The first-order valence-corrected chi connectivity index (χ1v) is 12.1. The molecule has 2 amide bonds. The van der Waals surface area contributed by atoms with Crippen LogP contribution in [0.25, 0.3) is 27.2 Å². The number of fused-ring (bicyclic) bond motifs is 1. The lowest BCUT2D eigenvalue weighted by Crippen LogP contribution is -2.49. The molecule has 0 unspecified atom stereocenters.